The van der Waals surface area contributed by atoms with Crippen LogP contribution in [0.5, 0.6) is 11.5 Å². The van der Waals surface area contributed by atoms with E-state index in [4.69, 9.17) is 26.2 Å². The van der Waals surface area contributed by atoms with Crippen LogP contribution in [0.3, 0.4) is 0 Å². The van der Waals surface area contributed by atoms with E-state index in [-0.39, 0.29) is 17.4 Å². The van der Waals surface area contributed by atoms with Crippen LogP contribution < -0.4 is 14.8 Å². The number of aliphatic carboxylic acids is 1. The molecule has 0 aromatic heterocycles. The van der Waals surface area contributed by atoms with Crippen LogP contribution in [-0.2, 0) is 4.79 Å². The van der Waals surface area contributed by atoms with Crippen molar-refractivity contribution in [2.75, 3.05) is 6.79 Å². The topological polar surface area (TPSA) is 84.9 Å². The molecule has 108 valence electrons. The molecule has 1 aliphatic heterocycles. The quantitative estimate of drug-likeness (QED) is 0.869. The van der Waals surface area contributed by atoms with Gasteiger partial charge in [0.05, 0.1) is 5.02 Å². The molecular weight excluding hydrogens is 286 g/mol. The molecule has 6 nitrogen and oxygen atoms in total. The molecule has 1 aromatic rings. The second-order valence-corrected chi connectivity index (χ2v) is 4.75. The molecule has 20 heavy (non-hydrogen) atoms. The molecule has 0 radical (unpaired) electrons. The molecule has 1 amide bonds. The predicted molar refractivity (Wildman–Crippen MR) is 71.4 cm³/mol. The largest absolute Gasteiger partial charge is 0.480 e. The Morgan fingerprint density at radius 2 is 2.20 bits per heavy atom. The van der Waals surface area contributed by atoms with Gasteiger partial charge < -0.3 is 19.9 Å². The van der Waals surface area contributed by atoms with Gasteiger partial charge in [-0.3, -0.25) is 4.79 Å². The Hall–Kier alpha value is -1.95. The first kappa shape index (κ1) is 14.5. The Kier molecular flexibility index (Phi) is 4.34. The van der Waals surface area contributed by atoms with Gasteiger partial charge in [0.1, 0.15) is 6.04 Å². The Morgan fingerprint density at radius 3 is 2.85 bits per heavy atom. The first-order valence-electron chi connectivity index (χ1n) is 6.15. The molecule has 7 heteroatoms. The van der Waals surface area contributed by atoms with E-state index in [2.05, 4.69) is 5.32 Å². The normalized spacial score (nSPS) is 13.9. The van der Waals surface area contributed by atoms with Crippen LogP contribution in [0.25, 0.3) is 0 Å². The van der Waals surface area contributed by atoms with Gasteiger partial charge in [0.25, 0.3) is 5.91 Å². The summed E-state index contributed by atoms with van der Waals surface area (Å²) < 4.78 is 10.3. The summed E-state index contributed by atoms with van der Waals surface area (Å²) in [5.74, 6) is -0.797. The molecule has 0 bridgehead atoms. The summed E-state index contributed by atoms with van der Waals surface area (Å²) in [5.41, 5.74) is 0.238. The summed E-state index contributed by atoms with van der Waals surface area (Å²) in [7, 11) is 0. The number of hydrogen-bond acceptors (Lipinski definition) is 4. The second kappa shape index (κ2) is 6.00. The monoisotopic (exact) mass is 299 g/mol. The molecule has 0 spiro atoms. The average Bonchev–Trinajstić information content (AvgIpc) is 2.86. The van der Waals surface area contributed by atoms with Crippen molar-refractivity contribution in [2.45, 2.75) is 25.8 Å². The number of carboxylic acid groups (broad SMARTS) is 1. The van der Waals surface area contributed by atoms with E-state index in [1.165, 1.54) is 12.1 Å². The van der Waals surface area contributed by atoms with Gasteiger partial charge in [0.2, 0.25) is 6.79 Å². The zero-order chi connectivity index (χ0) is 14.7. The maximum atomic E-state index is 12.1. The van der Waals surface area contributed by atoms with Gasteiger partial charge in [-0.2, -0.15) is 0 Å². The third-order valence-corrected chi connectivity index (χ3v) is 3.15. The second-order valence-electron chi connectivity index (χ2n) is 4.34. The van der Waals surface area contributed by atoms with Crippen molar-refractivity contribution < 1.29 is 24.2 Å². The minimum atomic E-state index is -1.06. The Morgan fingerprint density at radius 1 is 1.45 bits per heavy atom. The van der Waals surface area contributed by atoms with Crippen molar-refractivity contribution in [2.24, 2.45) is 0 Å². The van der Waals surface area contributed by atoms with E-state index in [0.717, 1.165) is 0 Å². The fourth-order valence-electron chi connectivity index (χ4n) is 1.89. The molecule has 1 atom stereocenters. The number of carbonyl (C=O) groups is 2. The summed E-state index contributed by atoms with van der Waals surface area (Å²) in [6, 6.07) is 1.99. The fraction of sp³-hybridized carbons (Fsp3) is 0.385. The molecule has 2 rings (SSSR count). The zero-order valence-electron chi connectivity index (χ0n) is 10.8. The van der Waals surface area contributed by atoms with Crippen LogP contribution in [0.4, 0.5) is 0 Å². The van der Waals surface area contributed by atoms with Crippen molar-refractivity contribution in [1.82, 2.24) is 5.32 Å². The van der Waals surface area contributed by atoms with Crippen molar-refractivity contribution in [3.05, 3.63) is 22.7 Å². The van der Waals surface area contributed by atoms with Gasteiger partial charge >= 0.3 is 5.97 Å². The molecule has 1 aromatic carbocycles. The van der Waals surface area contributed by atoms with E-state index >= 15 is 0 Å². The molecule has 1 aliphatic rings. The van der Waals surface area contributed by atoms with Crippen LogP contribution in [0.2, 0.25) is 5.02 Å². The third-order valence-electron chi connectivity index (χ3n) is 2.87. The van der Waals surface area contributed by atoms with Crippen LogP contribution in [0.15, 0.2) is 12.1 Å². The molecular formula is C13H14ClNO5. The van der Waals surface area contributed by atoms with Crippen LogP contribution >= 0.6 is 11.6 Å². The van der Waals surface area contributed by atoms with E-state index in [1.54, 1.807) is 0 Å². The number of carboxylic acids is 1. The summed E-state index contributed by atoms with van der Waals surface area (Å²) in [5, 5.41) is 11.7. The number of nitrogens with one attached hydrogen (secondary N) is 1. The highest BCUT2D eigenvalue weighted by atomic mass is 35.5. The molecule has 0 saturated carbocycles. The van der Waals surface area contributed by atoms with Crippen LogP contribution in [-0.4, -0.2) is 29.8 Å². The van der Waals surface area contributed by atoms with Gasteiger partial charge in [-0.25, -0.2) is 4.79 Å². The molecule has 1 unspecified atom stereocenters. The third kappa shape index (κ3) is 2.96. The van der Waals surface area contributed by atoms with E-state index in [9.17, 15) is 9.59 Å². The highest BCUT2D eigenvalue weighted by molar-refractivity contribution is 6.32. The molecule has 1 heterocycles. The summed E-state index contributed by atoms with van der Waals surface area (Å²) in [6.07, 6.45) is 1.01. The molecule has 0 fully saturated rings. The first-order valence-corrected chi connectivity index (χ1v) is 6.53. The lowest BCUT2D eigenvalue weighted by Crippen LogP contribution is -2.40. The lowest BCUT2D eigenvalue weighted by atomic mass is 10.1. The number of benzene rings is 1. The molecule has 2 N–H and O–H groups in total. The predicted octanol–water partition coefficient (Wildman–Crippen LogP) is 2.05. The highest BCUT2D eigenvalue weighted by Crippen LogP contribution is 2.39. The van der Waals surface area contributed by atoms with E-state index in [1.807, 2.05) is 6.92 Å². The smallest absolute Gasteiger partial charge is 0.326 e. The van der Waals surface area contributed by atoms with Crippen molar-refractivity contribution in [1.29, 1.82) is 0 Å². The number of hydrogen-bond donors (Lipinski definition) is 2. The van der Waals surface area contributed by atoms with E-state index in [0.29, 0.717) is 24.3 Å². The van der Waals surface area contributed by atoms with Crippen molar-refractivity contribution >= 4 is 23.5 Å². The Bertz CT molecular complexity index is 546. The minimum Gasteiger partial charge on any atom is -0.480 e. The van der Waals surface area contributed by atoms with Gasteiger partial charge in [-0.1, -0.05) is 24.9 Å². The lowest BCUT2D eigenvalue weighted by Gasteiger charge is -2.14. The molecule has 0 aliphatic carbocycles. The lowest BCUT2D eigenvalue weighted by molar-refractivity contribution is -0.139. The number of ether oxygens (including phenoxy) is 2. The molecule has 0 saturated heterocycles. The fourth-order valence-corrected chi connectivity index (χ4v) is 2.15. The Balaban J connectivity index is 2.17. The first-order chi connectivity index (χ1) is 9.52. The number of halogens is 1. The van der Waals surface area contributed by atoms with Crippen molar-refractivity contribution in [3.63, 3.8) is 0 Å². The van der Waals surface area contributed by atoms with Crippen molar-refractivity contribution in [3.8, 4) is 11.5 Å². The number of amides is 1. The summed E-state index contributed by atoms with van der Waals surface area (Å²) >= 11 is 5.98. The zero-order valence-corrected chi connectivity index (χ0v) is 11.6. The Labute approximate surface area is 120 Å². The standard InChI is InChI=1S/C13H14ClNO5/c1-2-3-9(13(17)18)15-12(16)7-4-8(14)11-10(5-7)19-6-20-11/h4-5,9H,2-3,6H2,1H3,(H,15,16)(H,17,18). The number of rotatable bonds is 5. The number of carbonyl (C=O) groups excluding carboxylic acids is 1. The minimum absolute atomic E-state index is 0.0493. The average molecular weight is 300 g/mol. The maximum Gasteiger partial charge on any atom is 0.326 e. The maximum absolute atomic E-state index is 12.1. The highest BCUT2D eigenvalue weighted by Gasteiger charge is 2.23. The van der Waals surface area contributed by atoms with Gasteiger partial charge in [-0.05, 0) is 18.6 Å². The van der Waals surface area contributed by atoms with Gasteiger partial charge in [0.15, 0.2) is 11.5 Å². The van der Waals surface area contributed by atoms with Crippen LogP contribution in [0.1, 0.15) is 30.1 Å². The van der Waals surface area contributed by atoms with Gasteiger partial charge in [-0.15, -0.1) is 0 Å². The summed E-state index contributed by atoms with van der Waals surface area (Å²) in [6.45, 7) is 1.90. The number of fused-ring (bicyclic) bond motifs is 1. The van der Waals surface area contributed by atoms with Gasteiger partial charge in [0, 0.05) is 5.56 Å². The van der Waals surface area contributed by atoms with Crippen LogP contribution in [0, 0.1) is 0 Å². The SMILES string of the molecule is CCCC(NC(=O)c1cc(Cl)c2c(c1)OCO2)C(=O)O. The van der Waals surface area contributed by atoms with E-state index < -0.39 is 17.9 Å². The summed E-state index contributed by atoms with van der Waals surface area (Å²) in [4.78, 5) is 23.1.